The van der Waals surface area contributed by atoms with Gasteiger partial charge in [0.25, 0.3) is 0 Å². The molecule has 0 aliphatic heterocycles. The highest BCUT2D eigenvalue weighted by molar-refractivity contribution is 7.18. The molecule has 0 bridgehead atoms. The van der Waals surface area contributed by atoms with Crippen molar-refractivity contribution in [3.8, 4) is 21.0 Å². The van der Waals surface area contributed by atoms with E-state index < -0.39 is 0 Å². The number of nitrogens with zero attached hydrogens (tertiary/aromatic N) is 2. The fraction of sp³-hybridized carbons (Fsp3) is 0.176. The smallest absolute Gasteiger partial charge is 0.124 e. The lowest BCUT2D eigenvalue weighted by Crippen LogP contribution is -1.98. The number of hydrogen-bond donors (Lipinski definition) is 1. The van der Waals surface area contributed by atoms with Crippen LogP contribution in [0.2, 0.25) is 0 Å². The van der Waals surface area contributed by atoms with E-state index >= 15 is 0 Å². The number of aryl methyl sites for hydroxylation is 2. The van der Waals surface area contributed by atoms with Gasteiger partial charge in [-0.05, 0) is 31.5 Å². The average Bonchev–Trinajstić information content (AvgIpc) is 2.91. The Morgan fingerprint density at radius 3 is 2.24 bits per heavy atom. The van der Waals surface area contributed by atoms with Crippen molar-refractivity contribution in [3.63, 3.8) is 0 Å². The molecule has 0 aliphatic carbocycles. The van der Waals surface area contributed by atoms with E-state index in [1.54, 1.807) is 11.3 Å². The average molecular weight is 295 g/mol. The molecule has 1 aromatic carbocycles. The van der Waals surface area contributed by atoms with E-state index in [-0.39, 0.29) is 0 Å². The molecule has 0 spiro atoms. The van der Waals surface area contributed by atoms with Crippen LogP contribution in [0.3, 0.4) is 0 Å². The van der Waals surface area contributed by atoms with Crippen LogP contribution in [0.15, 0.2) is 42.5 Å². The third kappa shape index (κ3) is 2.86. The summed E-state index contributed by atoms with van der Waals surface area (Å²) in [5, 5.41) is 1.00. The van der Waals surface area contributed by atoms with Crippen LogP contribution < -0.4 is 5.73 Å². The van der Waals surface area contributed by atoms with Crippen molar-refractivity contribution < 1.29 is 0 Å². The number of pyridine rings is 1. The van der Waals surface area contributed by atoms with E-state index in [4.69, 9.17) is 10.7 Å². The lowest BCUT2D eigenvalue weighted by atomic mass is 10.1. The van der Waals surface area contributed by atoms with Gasteiger partial charge in [0, 0.05) is 23.5 Å². The predicted octanol–water partition coefficient (Wildman–Crippen LogP) is 3.95. The number of benzene rings is 1. The van der Waals surface area contributed by atoms with Gasteiger partial charge in [0.15, 0.2) is 0 Å². The van der Waals surface area contributed by atoms with Gasteiger partial charge in [-0.25, -0.2) is 4.98 Å². The predicted molar refractivity (Wildman–Crippen MR) is 88.1 cm³/mol. The zero-order valence-corrected chi connectivity index (χ0v) is 12.9. The van der Waals surface area contributed by atoms with Gasteiger partial charge in [0.05, 0.1) is 10.6 Å². The van der Waals surface area contributed by atoms with Crippen molar-refractivity contribution in [2.75, 3.05) is 0 Å². The highest BCUT2D eigenvalue weighted by Crippen LogP contribution is 2.35. The summed E-state index contributed by atoms with van der Waals surface area (Å²) in [5.41, 5.74) is 11.1. The van der Waals surface area contributed by atoms with Crippen LogP contribution in [0.5, 0.6) is 0 Å². The van der Waals surface area contributed by atoms with Gasteiger partial charge in [-0.15, -0.1) is 11.3 Å². The molecule has 0 fully saturated rings. The highest BCUT2D eigenvalue weighted by Gasteiger charge is 2.13. The Bertz CT molecular complexity index is 743. The molecule has 2 N–H and O–H groups in total. The van der Waals surface area contributed by atoms with Crippen molar-refractivity contribution in [2.45, 2.75) is 20.4 Å². The molecular weight excluding hydrogens is 278 g/mol. The third-order valence-electron chi connectivity index (χ3n) is 3.26. The summed E-state index contributed by atoms with van der Waals surface area (Å²) in [6.07, 6.45) is 0. The molecule has 2 aromatic heterocycles. The largest absolute Gasteiger partial charge is 0.325 e. The zero-order valence-electron chi connectivity index (χ0n) is 12.1. The highest BCUT2D eigenvalue weighted by atomic mass is 32.1. The maximum Gasteiger partial charge on any atom is 0.124 e. The number of thiazole rings is 1. The number of hydrogen-bond acceptors (Lipinski definition) is 4. The fourth-order valence-electron chi connectivity index (χ4n) is 2.39. The molecule has 0 radical (unpaired) electrons. The molecule has 0 amide bonds. The van der Waals surface area contributed by atoms with Gasteiger partial charge in [-0.2, -0.15) is 0 Å². The lowest BCUT2D eigenvalue weighted by Gasteiger charge is -2.00. The summed E-state index contributed by atoms with van der Waals surface area (Å²) in [5.74, 6) is 0. The zero-order chi connectivity index (χ0) is 14.8. The van der Waals surface area contributed by atoms with Crippen LogP contribution in [0.25, 0.3) is 21.0 Å². The third-order valence-corrected chi connectivity index (χ3v) is 4.45. The summed E-state index contributed by atoms with van der Waals surface area (Å²) < 4.78 is 0. The minimum absolute atomic E-state index is 0.448. The van der Waals surface area contributed by atoms with Crippen molar-refractivity contribution in [1.29, 1.82) is 0 Å². The van der Waals surface area contributed by atoms with Crippen LogP contribution in [-0.4, -0.2) is 9.97 Å². The minimum atomic E-state index is 0.448. The molecule has 0 aliphatic rings. The first-order valence-corrected chi connectivity index (χ1v) is 7.70. The molecule has 0 saturated carbocycles. The Morgan fingerprint density at radius 1 is 0.952 bits per heavy atom. The molecule has 3 nitrogen and oxygen atoms in total. The standard InChI is InChI=1S/C17H17N3S/c1-11-8-14(9-12(2)19-11)17-20-15(10-18)16(21-17)13-6-4-3-5-7-13/h3-9H,10,18H2,1-2H3. The second kappa shape index (κ2) is 5.76. The Hall–Kier alpha value is -2.04. The Morgan fingerprint density at radius 2 is 1.62 bits per heavy atom. The first kappa shape index (κ1) is 13.9. The maximum absolute atomic E-state index is 5.87. The molecule has 106 valence electrons. The number of nitrogens with two attached hydrogens (primary N) is 1. The van der Waals surface area contributed by atoms with E-state index in [1.807, 2.05) is 32.0 Å². The van der Waals surface area contributed by atoms with Gasteiger partial charge in [0.1, 0.15) is 5.01 Å². The van der Waals surface area contributed by atoms with Crippen molar-refractivity contribution in [3.05, 3.63) is 59.5 Å². The number of aromatic nitrogens is 2. The molecule has 3 aromatic rings. The topological polar surface area (TPSA) is 51.8 Å². The second-order valence-corrected chi connectivity index (χ2v) is 6.00. The molecule has 3 rings (SSSR count). The monoisotopic (exact) mass is 295 g/mol. The van der Waals surface area contributed by atoms with Crippen molar-refractivity contribution in [2.24, 2.45) is 5.73 Å². The lowest BCUT2D eigenvalue weighted by molar-refractivity contribution is 1.01. The molecule has 4 heteroatoms. The van der Waals surface area contributed by atoms with Crippen molar-refractivity contribution in [1.82, 2.24) is 9.97 Å². The Balaban J connectivity index is 2.11. The van der Waals surface area contributed by atoms with E-state index in [2.05, 4.69) is 29.2 Å². The van der Waals surface area contributed by atoms with E-state index in [0.29, 0.717) is 6.54 Å². The van der Waals surface area contributed by atoms with Crippen LogP contribution in [0.4, 0.5) is 0 Å². The summed E-state index contributed by atoms with van der Waals surface area (Å²) in [6.45, 7) is 4.46. The fourth-order valence-corrected chi connectivity index (χ4v) is 3.47. The van der Waals surface area contributed by atoms with Gasteiger partial charge in [0.2, 0.25) is 0 Å². The van der Waals surface area contributed by atoms with Crippen LogP contribution in [-0.2, 0) is 6.54 Å². The molecule has 0 unspecified atom stereocenters. The molecular formula is C17H17N3S. The summed E-state index contributed by atoms with van der Waals surface area (Å²) in [4.78, 5) is 10.3. The van der Waals surface area contributed by atoms with E-state index in [9.17, 15) is 0 Å². The normalized spacial score (nSPS) is 10.8. The number of rotatable bonds is 3. The second-order valence-electron chi connectivity index (χ2n) is 5.00. The van der Waals surface area contributed by atoms with Gasteiger partial charge < -0.3 is 5.73 Å². The van der Waals surface area contributed by atoms with Gasteiger partial charge >= 0.3 is 0 Å². The quantitative estimate of drug-likeness (QED) is 0.796. The molecule has 0 saturated heterocycles. The first-order valence-electron chi connectivity index (χ1n) is 6.88. The minimum Gasteiger partial charge on any atom is -0.325 e. The van der Waals surface area contributed by atoms with E-state index in [0.717, 1.165) is 32.5 Å². The Labute approximate surface area is 128 Å². The first-order chi connectivity index (χ1) is 10.2. The molecule has 2 heterocycles. The maximum atomic E-state index is 5.87. The summed E-state index contributed by atoms with van der Waals surface area (Å²) >= 11 is 1.69. The Kier molecular flexibility index (Phi) is 3.82. The summed E-state index contributed by atoms with van der Waals surface area (Å²) in [7, 11) is 0. The van der Waals surface area contributed by atoms with Crippen molar-refractivity contribution >= 4 is 11.3 Å². The van der Waals surface area contributed by atoms with Gasteiger partial charge in [-0.3, -0.25) is 4.98 Å². The van der Waals surface area contributed by atoms with Crippen LogP contribution in [0.1, 0.15) is 17.1 Å². The van der Waals surface area contributed by atoms with Gasteiger partial charge in [-0.1, -0.05) is 30.3 Å². The SMILES string of the molecule is Cc1cc(-c2nc(CN)c(-c3ccccc3)s2)cc(C)n1. The van der Waals surface area contributed by atoms with E-state index in [1.165, 1.54) is 5.56 Å². The van der Waals surface area contributed by atoms with Crippen LogP contribution in [0, 0.1) is 13.8 Å². The molecule has 21 heavy (non-hydrogen) atoms. The summed E-state index contributed by atoms with van der Waals surface area (Å²) in [6, 6.07) is 14.4. The van der Waals surface area contributed by atoms with Crippen LogP contribution >= 0.6 is 11.3 Å². The molecule has 0 atom stereocenters.